The van der Waals surface area contributed by atoms with Crippen molar-refractivity contribution in [1.29, 1.82) is 0 Å². The molecule has 4 aliphatic carbocycles. The van der Waals surface area contributed by atoms with Crippen LogP contribution in [0.15, 0.2) is 12.2 Å². The Morgan fingerprint density at radius 1 is 1.15 bits per heavy atom. The van der Waals surface area contributed by atoms with Crippen molar-refractivity contribution in [3.05, 3.63) is 12.2 Å². The molecule has 0 amide bonds. The molecule has 0 nitrogen and oxygen atoms in total. The van der Waals surface area contributed by atoms with Gasteiger partial charge in [0.2, 0.25) is 0 Å². The van der Waals surface area contributed by atoms with Crippen molar-refractivity contribution >= 4 is 22.6 Å². The molecule has 13 heavy (non-hydrogen) atoms. The van der Waals surface area contributed by atoms with E-state index in [1.807, 2.05) is 0 Å². The highest BCUT2D eigenvalue weighted by molar-refractivity contribution is 14.1. The molecule has 72 valence electrons. The Labute approximate surface area is 94.3 Å². The van der Waals surface area contributed by atoms with Gasteiger partial charge in [-0.2, -0.15) is 0 Å². The molecule has 0 spiro atoms. The standard InChI is InChI=1S/C12H17I/c1-7(2)12(13)10-3-8-4-11(12)6-9(8)5-10/h8-11H,1,3-6H2,2H3. The van der Waals surface area contributed by atoms with Crippen LogP contribution in [0.1, 0.15) is 32.6 Å². The van der Waals surface area contributed by atoms with E-state index in [0.29, 0.717) is 3.42 Å². The summed E-state index contributed by atoms with van der Waals surface area (Å²) in [7, 11) is 0. The highest BCUT2D eigenvalue weighted by Crippen LogP contribution is 2.67. The van der Waals surface area contributed by atoms with Gasteiger partial charge >= 0.3 is 0 Å². The molecule has 4 aliphatic rings. The van der Waals surface area contributed by atoms with Crippen LogP contribution >= 0.6 is 22.6 Å². The van der Waals surface area contributed by atoms with Gasteiger partial charge < -0.3 is 0 Å². The van der Waals surface area contributed by atoms with Crippen LogP contribution in [0, 0.1) is 23.7 Å². The van der Waals surface area contributed by atoms with Gasteiger partial charge in [-0.05, 0) is 56.3 Å². The number of allylic oxidation sites excluding steroid dienone is 1. The van der Waals surface area contributed by atoms with Crippen molar-refractivity contribution in [3.8, 4) is 0 Å². The molecule has 0 aromatic carbocycles. The third-order valence-electron chi connectivity index (χ3n) is 4.86. The molecule has 4 rings (SSSR count). The van der Waals surface area contributed by atoms with Gasteiger partial charge in [0.15, 0.2) is 0 Å². The van der Waals surface area contributed by atoms with Crippen molar-refractivity contribution in [2.24, 2.45) is 23.7 Å². The van der Waals surface area contributed by atoms with Crippen molar-refractivity contribution in [3.63, 3.8) is 0 Å². The Hall–Kier alpha value is 0.470. The fraction of sp³-hybridized carbons (Fsp3) is 0.833. The summed E-state index contributed by atoms with van der Waals surface area (Å²) in [6.45, 7) is 6.48. The first kappa shape index (κ1) is 8.75. The van der Waals surface area contributed by atoms with Crippen LogP contribution in [0.4, 0.5) is 0 Å². The van der Waals surface area contributed by atoms with Crippen LogP contribution in [-0.4, -0.2) is 3.42 Å². The number of hydrogen-bond acceptors (Lipinski definition) is 0. The summed E-state index contributed by atoms with van der Waals surface area (Å²) in [6.07, 6.45) is 6.04. The molecule has 0 saturated heterocycles. The second kappa shape index (κ2) is 2.53. The smallest absolute Gasteiger partial charge is 0.0481 e. The highest BCUT2D eigenvalue weighted by atomic mass is 127. The SMILES string of the molecule is C=C(C)C1(I)C2CC3CC1CC3C2. The largest absolute Gasteiger partial charge is 0.0988 e. The van der Waals surface area contributed by atoms with Crippen molar-refractivity contribution < 1.29 is 0 Å². The van der Waals surface area contributed by atoms with E-state index < -0.39 is 0 Å². The monoisotopic (exact) mass is 288 g/mol. The third kappa shape index (κ3) is 0.924. The van der Waals surface area contributed by atoms with Crippen molar-refractivity contribution in [2.75, 3.05) is 0 Å². The first-order valence-electron chi connectivity index (χ1n) is 5.47. The number of rotatable bonds is 1. The summed E-state index contributed by atoms with van der Waals surface area (Å²) >= 11 is 2.73. The first-order valence-corrected chi connectivity index (χ1v) is 6.55. The summed E-state index contributed by atoms with van der Waals surface area (Å²) < 4.78 is 0.487. The molecule has 0 heterocycles. The fourth-order valence-electron chi connectivity index (χ4n) is 4.33. The maximum atomic E-state index is 4.23. The van der Waals surface area contributed by atoms with Crippen LogP contribution in [0.25, 0.3) is 0 Å². The Balaban J connectivity index is 2.02. The quantitative estimate of drug-likeness (QED) is 0.391. The van der Waals surface area contributed by atoms with E-state index in [1.165, 1.54) is 31.3 Å². The molecule has 0 aliphatic heterocycles. The summed E-state index contributed by atoms with van der Waals surface area (Å²) in [5.41, 5.74) is 1.45. The van der Waals surface area contributed by atoms with E-state index in [1.54, 1.807) is 0 Å². The summed E-state index contributed by atoms with van der Waals surface area (Å²) in [5.74, 6) is 4.18. The van der Waals surface area contributed by atoms with Gasteiger partial charge in [0.1, 0.15) is 0 Å². The lowest BCUT2D eigenvalue weighted by molar-refractivity contribution is 0.239. The molecule has 4 fully saturated rings. The third-order valence-corrected chi connectivity index (χ3v) is 7.54. The predicted molar refractivity (Wildman–Crippen MR) is 64.0 cm³/mol. The van der Waals surface area contributed by atoms with Crippen LogP contribution in [0.3, 0.4) is 0 Å². The molecule has 0 atom stereocenters. The molecule has 0 N–H and O–H groups in total. The number of hydrogen-bond donors (Lipinski definition) is 0. The van der Waals surface area contributed by atoms with Gasteiger partial charge in [-0.25, -0.2) is 0 Å². The lowest BCUT2D eigenvalue weighted by atomic mass is 9.69. The molecule has 0 aromatic heterocycles. The molecule has 0 radical (unpaired) electrons. The van der Waals surface area contributed by atoms with Crippen molar-refractivity contribution in [1.82, 2.24) is 0 Å². The Morgan fingerprint density at radius 2 is 1.54 bits per heavy atom. The Kier molecular flexibility index (Phi) is 1.70. The molecule has 4 bridgehead atoms. The molecule has 1 heteroatoms. The van der Waals surface area contributed by atoms with E-state index in [0.717, 1.165) is 23.7 Å². The minimum Gasteiger partial charge on any atom is -0.0988 e. The van der Waals surface area contributed by atoms with Crippen LogP contribution < -0.4 is 0 Å². The lowest BCUT2D eigenvalue weighted by Crippen LogP contribution is -2.42. The number of halogens is 1. The van der Waals surface area contributed by atoms with Crippen LogP contribution in [-0.2, 0) is 0 Å². The van der Waals surface area contributed by atoms with E-state index in [2.05, 4.69) is 36.1 Å². The topological polar surface area (TPSA) is 0 Å². The Morgan fingerprint density at radius 3 is 1.85 bits per heavy atom. The predicted octanol–water partition coefficient (Wildman–Crippen LogP) is 3.80. The highest BCUT2D eigenvalue weighted by Gasteiger charge is 2.60. The van der Waals surface area contributed by atoms with Gasteiger partial charge in [0.25, 0.3) is 0 Å². The molecular weight excluding hydrogens is 271 g/mol. The Bertz CT molecular complexity index is 238. The van der Waals surface area contributed by atoms with Gasteiger partial charge in [-0.1, -0.05) is 34.7 Å². The summed E-state index contributed by atoms with van der Waals surface area (Å²) in [4.78, 5) is 0. The van der Waals surface area contributed by atoms with Gasteiger partial charge in [0.05, 0.1) is 0 Å². The molecule has 0 aromatic rings. The van der Waals surface area contributed by atoms with Gasteiger partial charge in [-0.15, -0.1) is 0 Å². The zero-order valence-corrected chi connectivity index (χ0v) is 10.4. The normalized spacial score (nSPS) is 57.4. The average Bonchev–Trinajstić information content (AvgIpc) is 2.52. The minimum absolute atomic E-state index is 0.487. The van der Waals surface area contributed by atoms with Gasteiger partial charge in [-0.3, -0.25) is 0 Å². The molecule has 4 saturated carbocycles. The first-order chi connectivity index (χ1) is 6.12. The van der Waals surface area contributed by atoms with Crippen LogP contribution in [0.2, 0.25) is 0 Å². The summed E-state index contributed by atoms with van der Waals surface area (Å²) in [6, 6.07) is 0. The van der Waals surface area contributed by atoms with E-state index in [4.69, 9.17) is 0 Å². The zero-order valence-electron chi connectivity index (χ0n) is 8.22. The maximum absolute atomic E-state index is 4.23. The maximum Gasteiger partial charge on any atom is 0.0481 e. The van der Waals surface area contributed by atoms with E-state index in [-0.39, 0.29) is 0 Å². The second-order valence-corrected chi connectivity index (χ2v) is 7.19. The molecular formula is C12H17I. The summed E-state index contributed by atoms with van der Waals surface area (Å²) in [5, 5.41) is 0. The zero-order chi connectivity index (χ0) is 9.22. The number of alkyl halides is 1. The van der Waals surface area contributed by atoms with Gasteiger partial charge in [0, 0.05) is 3.42 Å². The lowest BCUT2D eigenvalue weighted by Gasteiger charge is -2.45. The molecule has 0 unspecified atom stereocenters. The minimum atomic E-state index is 0.487. The second-order valence-electron chi connectivity index (χ2n) is 5.41. The van der Waals surface area contributed by atoms with E-state index >= 15 is 0 Å². The fourth-order valence-corrected chi connectivity index (χ4v) is 5.35. The van der Waals surface area contributed by atoms with Crippen LogP contribution in [0.5, 0.6) is 0 Å². The average molecular weight is 288 g/mol. The van der Waals surface area contributed by atoms with E-state index in [9.17, 15) is 0 Å². The van der Waals surface area contributed by atoms with Crippen molar-refractivity contribution in [2.45, 2.75) is 36.0 Å².